The molecule has 1 amide bonds. The van der Waals surface area contributed by atoms with Crippen molar-refractivity contribution < 1.29 is 22.7 Å². The molecule has 0 fully saturated rings. The van der Waals surface area contributed by atoms with Crippen molar-refractivity contribution in [3.63, 3.8) is 0 Å². The second-order valence-corrected chi connectivity index (χ2v) is 10.4. The lowest BCUT2D eigenvalue weighted by atomic mass is 9.89. The number of sulfone groups is 1. The predicted octanol–water partition coefficient (Wildman–Crippen LogP) is 5.24. The standard InChI is InChI=1S/C24H25NO5S2/c1-3-4-13-30-23-17(11-8-12-19(23)29-2)18-14-21(26)25-22-20(15-31-24(18)22)32(27,28)16-9-6-5-7-10-16/h5-12,15,18H,3-4,13-14H2,1-2H3,(H,25,26)/t18-/m1/s1. The van der Waals surface area contributed by atoms with Gasteiger partial charge in [-0.3, -0.25) is 4.79 Å². The van der Waals surface area contributed by atoms with Crippen LogP contribution >= 0.6 is 11.3 Å². The number of nitrogens with one attached hydrogen (secondary N) is 1. The van der Waals surface area contributed by atoms with Crippen LogP contribution in [0.4, 0.5) is 5.69 Å². The summed E-state index contributed by atoms with van der Waals surface area (Å²) in [6.45, 7) is 2.62. The molecule has 0 radical (unpaired) electrons. The highest BCUT2D eigenvalue weighted by atomic mass is 32.2. The molecular formula is C24H25NO5S2. The molecule has 0 saturated carbocycles. The van der Waals surface area contributed by atoms with Gasteiger partial charge in [-0.1, -0.05) is 43.7 Å². The molecule has 4 rings (SSSR count). The van der Waals surface area contributed by atoms with E-state index in [2.05, 4.69) is 12.2 Å². The van der Waals surface area contributed by atoms with Crippen molar-refractivity contribution >= 4 is 32.8 Å². The van der Waals surface area contributed by atoms with Crippen LogP contribution < -0.4 is 14.8 Å². The molecule has 2 aromatic carbocycles. The lowest BCUT2D eigenvalue weighted by Gasteiger charge is -2.26. The van der Waals surface area contributed by atoms with Crippen molar-refractivity contribution in [3.05, 3.63) is 64.4 Å². The summed E-state index contributed by atoms with van der Waals surface area (Å²) in [5, 5.41) is 4.42. The van der Waals surface area contributed by atoms with Crippen LogP contribution in [0.3, 0.4) is 0 Å². The third kappa shape index (κ3) is 4.12. The maximum atomic E-state index is 13.3. The van der Waals surface area contributed by atoms with Crippen LogP contribution in [0.1, 0.15) is 42.5 Å². The van der Waals surface area contributed by atoms with Gasteiger partial charge < -0.3 is 14.8 Å². The number of rotatable bonds is 8. The molecule has 1 aliphatic heterocycles. The van der Waals surface area contributed by atoms with E-state index < -0.39 is 9.84 Å². The van der Waals surface area contributed by atoms with Gasteiger partial charge in [-0.15, -0.1) is 11.3 Å². The molecule has 1 N–H and O–H groups in total. The normalized spacial score (nSPS) is 15.7. The molecule has 8 heteroatoms. The van der Waals surface area contributed by atoms with Gasteiger partial charge in [0.05, 0.1) is 24.3 Å². The average molecular weight is 472 g/mol. The van der Waals surface area contributed by atoms with Crippen molar-refractivity contribution in [2.45, 2.75) is 41.9 Å². The molecule has 0 unspecified atom stereocenters. The summed E-state index contributed by atoms with van der Waals surface area (Å²) in [5.41, 5.74) is 1.18. The van der Waals surface area contributed by atoms with Crippen LogP contribution in [-0.2, 0) is 14.6 Å². The Bertz CT molecular complexity index is 1220. The molecule has 0 spiro atoms. The van der Waals surface area contributed by atoms with Gasteiger partial charge in [0, 0.05) is 28.2 Å². The van der Waals surface area contributed by atoms with Gasteiger partial charge in [-0.25, -0.2) is 8.42 Å². The van der Waals surface area contributed by atoms with Crippen LogP contribution in [0.15, 0.2) is 63.7 Å². The van der Waals surface area contributed by atoms with Gasteiger partial charge in [-0.05, 0) is 24.6 Å². The second kappa shape index (κ2) is 9.34. The summed E-state index contributed by atoms with van der Waals surface area (Å²) in [6.07, 6.45) is 2.09. The summed E-state index contributed by atoms with van der Waals surface area (Å²) in [5.74, 6) is 0.651. The number of methoxy groups -OCH3 is 1. The maximum Gasteiger partial charge on any atom is 0.225 e. The van der Waals surface area contributed by atoms with Crippen LogP contribution in [0, 0.1) is 0 Å². The number of hydrogen-bond acceptors (Lipinski definition) is 6. The minimum absolute atomic E-state index is 0.123. The van der Waals surface area contributed by atoms with Crippen LogP contribution in [-0.4, -0.2) is 28.0 Å². The van der Waals surface area contributed by atoms with E-state index in [0.29, 0.717) is 23.8 Å². The first kappa shape index (κ1) is 22.4. The summed E-state index contributed by atoms with van der Waals surface area (Å²) < 4.78 is 38.1. The van der Waals surface area contributed by atoms with Crippen molar-refractivity contribution in [2.24, 2.45) is 0 Å². The zero-order valence-electron chi connectivity index (χ0n) is 18.0. The molecule has 2 heterocycles. The fraction of sp³-hybridized carbons (Fsp3) is 0.292. The number of hydrogen-bond donors (Lipinski definition) is 1. The number of para-hydroxylation sites is 1. The Balaban J connectivity index is 1.81. The highest BCUT2D eigenvalue weighted by Gasteiger charge is 2.36. The van der Waals surface area contributed by atoms with E-state index in [-0.39, 0.29) is 28.0 Å². The number of carbonyl (C=O) groups is 1. The topological polar surface area (TPSA) is 81.7 Å². The number of carbonyl (C=O) groups excluding carboxylic acids is 1. The highest BCUT2D eigenvalue weighted by Crippen LogP contribution is 2.49. The third-order valence-electron chi connectivity index (χ3n) is 5.45. The highest BCUT2D eigenvalue weighted by molar-refractivity contribution is 7.91. The van der Waals surface area contributed by atoms with Gasteiger partial charge in [-0.2, -0.15) is 0 Å². The van der Waals surface area contributed by atoms with E-state index in [9.17, 15) is 13.2 Å². The Labute approximate surface area is 192 Å². The molecule has 0 saturated heterocycles. The Hall–Kier alpha value is -2.84. The Morgan fingerprint density at radius 3 is 2.62 bits per heavy atom. The largest absolute Gasteiger partial charge is 0.493 e. The number of amides is 1. The molecule has 6 nitrogen and oxygen atoms in total. The van der Waals surface area contributed by atoms with E-state index in [4.69, 9.17) is 9.47 Å². The Kier molecular flexibility index (Phi) is 6.53. The first-order chi connectivity index (χ1) is 15.5. The van der Waals surface area contributed by atoms with Gasteiger partial charge in [0.1, 0.15) is 4.90 Å². The van der Waals surface area contributed by atoms with Crippen molar-refractivity contribution in [1.29, 1.82) is 0 Å². The number of unbranched alkanes of at least 4 members (excludes halogenated alkanes) is 1. The van der Waals surface area contributed by atoms with E-state index >= 15 is 0 Å². The molecular weight excluding hydrogens is 446 g/mol. The smallest absolute Gasteiger partial charge is 0.225 e. The summed E-state index contributed by atoms with van der Waals surface area (Å²) in [6, 6.07) is 13.9. The van der Waals surface area contributed by atoms with E-state index in [1.807, 2.05) is 18.2 Å². The van der Waals surface area contributed by atoms with Crippen molar-refractivity contribution in [3.8, 4) is 11.5 Å². The maximum absolute atomic E-state index is 13.3. The van der Waals surface area contributed by atoms with Gasteiger partial charge in [0.25, 0.3) is 0 Å². The Morgan fingerprint density at radius 2 is 1.91 bits per heavy atom. The van der Waals surface area contributed by atoms with Gasteiger partial charge in [0.15, 0.2) is 11.5 Å². The van der Waals surface area contributed by atoms with E-state index in [1.165, 1.54) is 11.3 Å². The van der Waals surface area contributed by atoms with E-state index in [0.717, 1.165) is 23.3 Å². The molecule has 32 heavy (non-hydrogen) atoms. The minimum atomic E-state index is -3.77. The van der Waals surface area contributed by atoms with Crippen LogP contribution in [0.2, 0.25) is 0 Å². The minimum Gasteiger partial charge on any atom is -0.493 e. The first-order valence-electron chi connectivity index (χ1n) is 10.5. The summed E-state index contributed by atoms with van der Waals surface area (Å²) >= 11 is 1.34. The number of anilines is 1. The van der Waals surface area contributed by atoms with Gasteiger partial charge >= 0.3 is 0 Å². The number of fused-ring (bicyclic) bond motifs is 1. The lowest BCUT2D eigenvalue weighted by molar-refractivity contribution is -0.116. The first-order valence-corrected chi connectivity index (χ1v) is 12.8. The molecule has 3 aromatic rings. The zero-order valence-corrected chi connectivity index (χ0v) is 19.6. The molecule has 168 valence electrons. The van der Waals surface area contributed by atoms with Crippen molar-refractivity contribution in [1.82, 2.24) is 0 Å². The fourth-order valence-electron chi connectivity index (χ4n) is 3.82. The van der Waals surface area contributed by atoms with Crippen molar-refractivity contribution in [2.75, 3.05) is 19.0 Å². The number of benzene rings is 2. The van der Waals surface area contributed by atoms with E-state index in [1.54, 1.807) is 42.8 Å². The van der Waals surface area contributed by atoms with Crippen LogP contribution in [0.25, 0.3) is 0 Å². The summed E-state index contributed by atoms with van der Waals surface area (Å²) in [7, 11) is -2.18. The predicted molar refractivity (Wildman–Crippen MR) is 125 cm³/mol. The molecule has 1 aromatic heterocycles. The zero-order chi connectivity index (χ0) is 22.7. The average Bonchev–Trinajstić information content (AvgIpc) is 3.24. The number of thiophene rings is 1. The monoisotopic (exact) mass is 471 g/mol. The summed E-state index contributed by atoms with van der Waals surface area (Å²) in [4.78, 5) is 13.8. The molecule has 0 bridgehead atoms. The molecule has 0 aliphatic carbocycles. The molecule has 1 atom stereocenters. The third-order valence-corrected chi connectivity index (χ3v) is 8.49. The Morgan fingerprint density at radius 1 is 1.12 bits per heavy atom. The fourth-order valence-corrected chi connectivity index (χ4v) is 6.74. The molecule has 1 aliphatic rings. The number of ether oxygens (including phenoxy) is 2. The SMILES string of the molecule is CCCCOc1c(OC)cccc1[C@H]1CC(=O)Nc2c(S(=O)(=O)c3ccccc3)csc21. The second-order valence-electron chi connectivity index (χ2n) is 7.54. The lowest BCUT2D eigenvalue weighted by Crippen LogP contribution is -2.24. The quantitative estimate of drug-likeness (QED) is 0.454. The van der Waals surface area contributed by atoms with Crippen LogP contribution in [0.5, 0.6) is 11.5 Å². The van der Waals surface area contributed by atoms with Gasteiger partial charge in [0.2, 0.25) is 15.7 Å².